The van der Waals surface area contributed by atoms with Crippen LogP contribution >= 0.6 is 0 Å². The summed E-state index contributed by atoms with van der Waals surface area (Å²) in [4.78, 5) is 23.1. The Hall–Kier alpha value is -3.34. The Morgan fingerprint density at radius 3 is 2.32 bits per heavy atom. The number of rotatable bonds is 5. The number of nitrogens with one attached hydrogen (secondary N) is 2. The molecule has 0 atom stereocenters. The smallest absolute Gasteiger partial charge is 0.262 e. The fourth-order valence-corrected chi connectivity index (χ4v) is 2.48. The molecule has 0 radical (unpaired) electrons. The largest absolute Gasteiger partial charge is 0.484 e. The van der Waals surface area contributed by atoms with Crippen molar-refractivity contribution in [1.29, 1.82) is 0 Å². The van der Waals surface area contributed by atoms with E-state index < -0.39 is 0 Å². The third kappa shape index (κ3) is 4.57. The van der Waals surface area contributed by atoms with E-state index in [-0.39, 0.29) is 18.4 Å². The van der Waals surface area contributed by atoms with E-state index in [1.807, 2.05) is 42.5 Å². The molecular formula is C20H18N2O3. The van der Waals surface area contributed by atoms with Crippen molar-refractivity contribution < 1.29 is 14.3 Å². The molecule has 3 rings (SSSR count). The van der Waals surface area contributed by atoms with E-state index in [2.05, 4.69) is 10.6 Å². The molecule has 0 bridgehead atoms. The molecule has 0 unspecified atom stereocenters. The summed E-state index contributed by atoms with van der Waals surface area (Å²) in [6.45, 7) is 1.34. The van der Waals surface area contributed by atoms with Crippen molar-refractivity contribution in [2.24, 2.45) is 0 Å². The van der Waals surface area contributed by atoms with Crippen molar-refractivity contribution in [3.63, 3.8) is 0 Å². The molecule has 25 heavy (non-hydrogen) atoms. The Balaban J connectivity index is 1.59. The molecule has 0 aromatic heterocycles. The molecule has 3 aromatic carbocycles. The van der Waals surface area contributed by atoms with Crippen molar-refractivity contribution in [3.05, 3.63) is 66.7 Å². The Morgan fingerprint density at radius 1 is 0.840 bits per heavy atom. The van der Waals surface area contributed by atoms with Gasteiger partial charge in [0.2, 0.25) is 5.91 Å². The van der Waals surface area contributed by atoms with Crippen LogP contribution < -0.4 is 15.4 Å². The topological polar surface area (TPSA) is 67.4 Å². The van der Waals surface area contributed by atoms with Crippen molar-refractivity contribution in [2.45, 2.75) is 6.92 Å². The first kappa shape index (κ1) is 16.5. The summed E-state index contributed by atoms with van der Waals surface area (Å²) < 4.78 is 5.56. The zero-order chi connectivity index (χ0) is 17.6. The predicted octanol–water partition coefficient (Wildman–Crippen LogP) is 3.82. The first-order valence-corrected chi connectivity index (χ1v) is 7.89. The van der Waals surface area contributed by atoms with Gasteiger partial charge in [-0.05, 0) is 41.1 Å². The molecule has 5 nitrogen and oxygen atoms in total. The molecule has 0 heterocycles. The zero-order valence-electron chi connectivity index (χ0n) is 13.8. The maximum absolute atomic E-state index is 12.1. The molecule has 2 amide bonds. The van der Waals surface area contributed by atoms with Crippen LogP contribution in [0.2, 0.25) is 0 Å². The van der Waals surface area contributed by atoms with Gasteiger partial charge < -0.3 is 15.4 Å². The van der Waals surface area contributed by atoms with Gasteiger partial charge in [-0.25, -0.2) is 0 Å². The van der Waals surface area contributed by atoms with Gasteiger partial charge in [-0.2, -0.15) is 0 Å². The molecule has 0 saturated carbocycles. The highest BCUT2D eigenvalue weighted by atomic mass is 16.5. The number of ether oxygens (including phenoxy) is 1. The van der Waals surface area contributed by atoms with Gasteiger partial charge in [-0.3, -0.25) is 9.59 Å². The normalized spacial score (nSPS) is 10.3. The minimum Gasteiger partial charge on any atom is -0.484 e. The number of anilines is 2. The van der Waals surface area contributed by atoms with Crippen LogP contribution in [0.4, 0.5) is 11.4 Å². The summed E-state index contributed by atoms with van der Waals surface area (Å²) in [5.74, 6) is 0.206. The summed E-state index contributed by atoms with van der Waals surface area (Å²) in [6, 6.07) is 20.6. The van der Waals surface area contributed by atoms with Crippen molar-refractivity contribution >= 4 is 34.0 Å². The summed E-state index contributed by atoms with van der Waals surface area (Å²) >= 11 is 0. The quantitative estimate of drug-likeness (QED) is 0.745. The van der Waals surface area contributed by atoms with E-state index in [1.165, 1.54) is 6.92 Å². The number of hydrogen-bond acceptors (Lipinski definition) is 3. The summed E-state index contributed by atoms with van der Waals surface area (Å²) in [5, 5.41) is 7.60. The van der Waals surface area contributed by atoms with Crippen LogP contribution in [0.15, 0.2) is 66.7 Å². The lowest BCUT2D eigenvalue weighted by molar-refractivity contribution is -0.118. The first-order valence-electron chi connectivity index (χ1n) is 7.89. The van der Waals surface area contributed by atoms with Crippen LogP contribution in [0.5, 0.6) is 5.75 Å². The molecule has 0 aliphatic heterocycles. The van der Waals surface area contributed by atoms with Crippen molar-refractivity contribution in [2.75, 3.05) is 17.2 Å². The molecule has 5 heteroatoms. The van der Waals surface area contributed by atoms with Crippen molar-refractivity contribution in [3.8, 4) is 5.75 Å². The van der Waals surface area contributed by atoms with Gasteiger partial charge >= 0.3 is 0 Å². The average Bonchev–Trinajstić information content (AvgIpc) is 2.59. The average molecular weight is 334 g/mol. The molecular weight excluding hydrogens is 316 g/mol. The SMILES string of the molecule is CC(=O)Nc1cccc(NC(=O)COc2ccc3ccccc3c2)c1. The van der Waals surface area contributed by atoms with E-state index in [4.69, 9.17) is 4.74 Å². The lowest BCUT2D eigenvalue weighted by Gasteiger charge is -2.09. The van der Waals surface area contributed by atoms with Gasteiger partial charge in [0.25, 0.3) is 5.91 Å². The number of fused-ring (bicyclic) bond motifs is 1. The Labute approximate surface area is 145 Å². The number of amides is 2. The van der Waals surface area contributed by atoms with Gasteiger partial charge in [-0.1, -0.05) is 36.4 Å². The molecule has 0 fully saturated rings. The minimum absolute atomic E-state index is 0.0945. The van der Waals surface area contributed by atoms with Gasteiger partial charge in [0.1, 0.15) is 5.75 Å². The summed E-state index contributed by atoms with van der Waals surface area (Å²) in [5.41, 5.74) is 1.22. The molecule has 2 N–H and O–H groups in total. The van der Waals surface area contributed by atoms with Crippen molar-refractivity contribution in [1.82, 2.24) is 0 Å². The fraction of sp³-hybridized carbons (Fsp3) is 0.100. The first-order chi connectivity index (χ1) is 12.1. The monoisotopic (exact) mass is 334 g/mol. The van der Waals surface area contributed by atoms with E-state index in [0.29, 0.717) is 17.1 Å². The fourth-order valence-electron chi connectivity index (χ4n) is 2.48. The molecule has 0 aliphatic rings. The van der Waals surface area contributed by atoms with Gasteiger partial charge in [0, 0.05) is 18.3 Å². The lowest BCUT2D eigenvalue weighted by atomic mass is 10.1. The third-order valence-electron chi connectivity index (χ3n) is 3.56. The van der Waals surface area contributed by atoms with Gasteiger partial charge in [0.15, 0.2) is 6.61 Å². The molecule has 3 aromatic rings. The predicted molar refractivity (Wildman–Crippen MR) is 98.8 cm³/mol. The highest BCUT2D eigenvalue weighted by Gasteiger charge is 2.05. The Kier molecular flexibility index (Phi) is 4.95. The maximum atomic E-state index is 12.1. The van der Waals surface area contributed by atoms with Crippen LogP contribution in [0.1, 0.15) is 6.92 Å². The zero-order valence-corrected chi connectivity index (χ0v) is 13.8. The highest BCUT2D eigenvalue weighted by molar-refractivity contribution is 5.94. The number of carbonyl (C=O) groups excluding carboxylic acids is 2. The van der Waals surface area contributed by atoms with E-state index in [9.17, 15) is 9.59 Å². The number of benzene rings is 3. The Bertz CT molecular complexity index is 921. The Morgan fingerprint density at radius 2 is 1.56 bits per heavy atom. The van der Waals surface area contributed by atoms with Gasteiger partial charge in [-0.15, -0.1) is 0 Å². The summed E-state index contributed by atoms with van der Waals surface area (Å²) in [6.07, 6.45) is 0. The molecule has 0 saturated heterocycles. The second kappa shape index (κ2) is 7.49. The van der Waals surface area contributed by atoms with Crippen LogP contribution in [0.3, 0.4) is 0 Å². The highest BCUT2D eigenvalue weighted by Crippen LogP contribution is 2.20. The molecule has 0 aliphatic carbocycles. The third-order valence-corrected chi connectivity index (χ3v) is 3.56. The lowest BCUT2D eigenvalue weighted by Crippen LogP contribution is -2.20. The molecule has 0 spiro atoms. The van der Waals surface area contributed by atoms with Crippen LogP contribution in [-0.2, 0) is 9.59 Å². The summed E-state index contributed by atoms with van der Waals surface area (Å²) in [7, 11) is 0. The number of carbonyl (C=O) groups is 2. The van der Waals surface area contributed by atoms with E-state index in [1.54, 1.807) is 24.3 Å². The second-order valence-corrected chi connectivity index (χ2v) is 5.61. The van der Waals surface area contributed by atoms with Crippen LogP contribution in [0.25, 0.3) is 10.8 Å². The van der Waals surface area contributed by atoms with Crippen LogP contribution in [-0.4, -0.2) is 18.4 Å². The maximum Gasteiger partial charge on any atom is 0.262 e. The van der Waals surface area contributed by atoms with Crippen LogP contribution in [0, 0.1) is 0 Å². The van der Waals surface area contributed by atoms with Gasteiger partial charge in [0.05, 0.1) is 0 Å². The standard InChI is InChI=1S/C20H18N2O3/c1-14(23)21-17-7-4-8-18(12-17)22-20(24)13-25-19-10-9-15-5-2-3-6-16(15)11-19/h2-12H,13H2,1H3,(H,21,23)(H,22,24). The van der Waals surface area contributed by atoms with E-state index >= 15 is 0 Å². The number of hydrogen-bond donors (Lipinski definition) is 2. The molecule has 126 valence electrons. The minimum atomic E-state index is -0.270. The van der Waals surface area contributed by atoms with E-state index in [0.717, 1.165) is 10.8 Å². The second-order valence-electron chi connectivity index (χ2n) is 5.61.